The van der Waals surface area contributed by atoms with Crippen LogP contribution in [0.5, 0.6) is 0 Å². The van der Waals surface area contributed by atoms with E-state index in [0.717, 1.165) is 17.4 Å². The number of halogens is 2. The summed E-state index contributed by atoms with van der Waals surface area (Å²) in [4.78, 5) is 4.13. The smallest absolute Gasteiger partial charge is 0.321 e. The van der Waals surface area contributed by atoms with Gasteiger partial charge in [0.15, 0.2) is 0 Å². The first kappa shape index (κ1) is 12.0. The minimum Gasteiger partial charge on any atom is -0.338 e. The molecule has 0 aliphatic heterocycles. The summed E-state index contributed by atoms with van der Waals surface area (Å²) in [5, 5.41) is 6.77. The fraction of sp³-hybridized carbons (Fsp3) is 0.273. The average molecular weight is 300 g/mol. The van der Waals surface area contributed by atoms with Gasteiger partial charge in [-0.05, 0) is 24.6 Å². The molecule has 0 fully saturated rings. The van der Waals surface area contributed by atoms with Gasteiger partial charge in [-0.2, -0.15) is 4.98 Å². The molecule has 1 N–H and O–H groups in total. The summed E-state index contributed by atoms with van der Waals surface area (Å²) in [6.45, 7) is 2.79. The van der Waals surface area contributed by atoms with Gasteiger partial charge in [-0.3, -0.25) is 0 Å². The van der Waals surface area contributed by atoms with E-state index in [1.54, 1.807) is 6.07 Å². The third-order valence-electron chi connectivity index (χ3n) is 2.12. The fourth-order valence-corrected chi connectivity index (χ4v) is 1.73. The van der Waals surface area contributed by atoms with Gasteiger partial charge in [-0.1, -0.05) is 28.0 Å². The standard InChI is InChI=1S/C11H11BrFN3O/c1-2-5-14-11-15-10(16-17-11)8-6-7(13)3-4-9(8)12/h3-4,6H,2,5H2,1H3,(H,14,15,16). The summed E-state index contributed by atoms with van der Waals surface area (Å²) >= 11 is 3.32. The molecule has 0 saturated heterocycles. The summed E-state index contributed by atoms with van der Waals surface area (Å²) < 4.78 is 18.8. The van der Waals surface area contributed by atoms with Crippen LogP contribution in [0, 0.1) is 5.82 Å². The van der Waals surface area contributed by atoms with E-state index < -0.39 is 0 Å². The number of benzene rings is 1. The third-order valence-corrected chi connectivity index (χ3v) is 2.81. The van der Waals surface area contributed by atoms with Crippen LogP contribution < -0.4 is 5.32 Å². The van der Waals surface area contributed by atoms with Crippen LogP contribution in [0.2, 0.25) is 0 Å². The van der Waals surface area contributed by atoms with E-state index in [1.165, 1.54) is 12.1 Å². The zero-order valence-corrected chi connectivity index (χ0v) is 10.8. The number of nitrogens with zero attached hydrogens (tertiary/aromatic N) is 2. The Morgan fingerprint density at radius 2 is 2.29 bits per heavy atom. The van der Waals surface area contributed by atoms with Crippen LogP contribution in [0.4, 0.5) is 10.4 Å². The lowest BCUT2D eigenvalue weighted by molar-refractivity contribution is 0.432. The molecule has 0 bridgehead atoms. The van der Waals surface area contributed by atoms with Gasteiger partial charge in [0.2, 0.25) is 5.82 Å². The Morgan fingerprint density at radius 3 is 3.06 bits per heavy atom. The molecule has 0 aliphatic rings. The predicted molar refractivity (Wildman–Crippen MR) is 66.2 cm³/mol. The molecule has 0 aliphatic carbocycles. The highest BCUT2D eigenvalue weighted by molar-refractivity contribution is 9.10. The van der Waals surface area contributed by atoms with Crippen molar-refractivity contribution in [3.05, 3.63) is 28.5 Å². The normalized spacial score (nSPS) is 10.5. The predicted octanol–water partition coefficient (Wildman–Crippen LogP) is 3.46. The summed E-state index contributed by atoms with van der Waals surface area (Å²) in [5.74, 6) is 0.0195. The van der Waals surface area contributed by atoms with Crippen LogP contribution in [0.3, 0.4) is 0 Å². The Balaban J connectivity index is 2.27. The third kappa shape index (κ3) is 2.82. The topological polar surface area (TPSA) is 51.0 Å². The molecule has 0 unspecified atom stereocenters. The van der Waals surface area contributed by atoms with E-state index in [4.69, 9.17) is 4.52 Å². The minimum atomic E-state index is -0.337. The maximum absolute atomic E-state index is 13.1. The van der Waals surface area contributed by atoms with Crippen molar-refractivity contribution in [1.29, 1.82) is 0 Å². The molecule has 4 nitrogen and oxygen atoms in total. The number of anilines is 1. The summed E-state index contributed by atoms with van der Waals surface area (Å²) in [5.41, 5.74) is 0.568. The van der Waals surface area contributed by atoms with Gasteiger partial charge in [0, 0.05) is 16.6 Å². The van der Waals surface area contributed by atoms with E-state index in [2.05, 4.69) is 31.4 Å². The maximum Gasteiger partial charge on any atom is 0.321 e. The number of hydrogen-bond donors (Lipinski definition) is 1. The zero-order valence-electron chi connectivity index (χ0n) is 9.20. The monoisotopic (exact) mass is 299 g/mol. The molecular formula is C11H11BrFN3O. The minimum absolute atomic E-state index is 0.337. The Labute approximate surface area is 106 Å². The quantitative estimate of drug-likeness (QED) is 0.939. The SMILES string of the molecule is CCCNc1nc(-c2cc(F)ccc2Br)no1. The van der Waals surface area contributed by atoms with E-state index in [0.29, 0.717) is 17.4 Å². The molecule has 0 saturated carbocycles. The molecular weight excluding hydrogens is 289 g/mol. The highest BCUT2D eigenvalue weighted by Crippen LogP contribution is 2.27. The van der Waals surface area contributed by atoms with E-state index in [1.807, 2.05) is 6.92 Å². The summed E-state index contributed by atoms with van der Waals surface area (Å²) in [6, 6.07) is 4.68. The first-order valence-corrected chi connectivity index (χ1v) is 6.03. The number of aromatic nitrogens is 2. The van der Waals surface area contributed by atoms with Crippen LogP contribution in [0.1, 0.15) is 13.3 Å². The molecule has 0 radical (unpaired) electrons. The molecule has 1 aromatic heterocycles. The van der Waals surface area contributed by atoms with E-state index in [9.17, 15) is 4.39 Å². The van der Waals surface area contributed by atoms with Crippen LogP contribution in [-0.2, 0) is 0 Å². The molecule has 1 heterocycles. The van der Waals surface area contributed by atoms with Gasteiger partial charge in [-0.15, -0.1) is 0 Å². The van der Waals surface area contributed by atoms with E-state index >= 15 is 0 Å². The Kier molecular flexibility index (Phi) is 3.73. The van der Waals surface area contributed by atoms with Gasteiger partial charge in [0.25, 0.3) is 0 Å². The molecule has 90 valence electrons. The van der Waals surface area contributed by atoms with Crippen molar-refractivity contribution in [2.75, 3.05) is 11.9 Å². The number of nitrogens with one attached hydrogen (secondary N) is 1. The lowest BCUT2D eigenvalue weighted by Crippen LogP contribution is -1.99. The summed E-state index contributed by atoms with van der Waals surface area (Å²) in [7, 11) is 0. The van der Waals surface area contributed by atoms with Gasteiger partial charge < -0.3 is 9.84 Å². The zero-order chi connectivity index (χ0) is 12.3. The van der Waals surface area contributed by atoms with E-state index in [-0.39, 0.29) is 5.82 Å². The van der Waals surface area contributed by atoms with Crippen molar-refractivity contribution in [1.82, 2.24) is 10.1 Å². The van der Waals surface area contributed by atoms with Crippen molar-refractivity contribution in [2.24, 2.45) is 0 Å². The lowest BCUT2D eigenvalue weighted by Gasteiger charge is -1.98. The van der Waals surface area contributed by atoms with Crippen molar-refractivity contribution in [3.63, 3.8) is 0 Å². The van der Waals surface area contributed by atoms with Gasteiger partial charge in [-0.25, -0.2) is 4.39 Å². The first-order chi connectivity index (χ1) is 8.20. The Bertz CT molecular complexity index is 515. The van der Waals surface area contributed by atoms with Gasteiger partial charge in [0.05, 0.1) is 0 Å². The van der Waals surface area contributed by atoms with Crippen molar-refractivity contribution < 1.29 is 8.91 Å². The van der Waals surface area contributed by atoms with Gasteiger partial charge >= 0.3 is 6.01 Å². The average Bonchev–Trinajstić information content (AvgIpc) is 2.78. The van der Waals surface area contributed by atoms with Crippen LogP contribution in [0.15, 0.2) is 27.2 Å². The summed E-state index contributed by atoms with van der Waals surface area (Å²) in [6.07, 6.45) is 0.960. The van der Waals surface area contributed by atoms with Crippen LogP contribution in [-0.4, -0.2) is 16.7 Å². The molecule has 17 heavy (non-hydrogen) atoms. The second-order valence-corrected chi connectivity index (χ2v) is 4.33. The molecule has 0 spiro atoms. The number of hydrogen-bond acceptors (Lipinski definition) is 4. The molecule has 0 amide bonds. The lowest BCUT2D eigenvalue weighted by atomic mass is 10.2. The van der Waals surface area contributed by atoms with Crippen LogP contribution >= 0.6 is 15.9 Å². The second-order valence-electron chi connectivity index (χ2n) is 3.47. The maximum atomic E-state index is 13.1. The molecule has 2 aromatic rings. The molecule has 6 heteroatoms. The first-order valence-electron chi connectivity index (χ1n) is 5.23. The number of rotatable bonds is 4. The second kappa shape index (κ2) is 5.27. The van der Waals surface area contributed by atoms with Crippen molar-refractivity contribution >= 4 is 21.9 Å². The van der Waals surface area contributed by atoms with Gasteiger partial charge in [0.1, 0.15) is 5.82 Å². The molecule has 2 rings (SSSR count). The van der Waals surface area contributed by atoms with Crippen molar-refractivity contribution in [2.45, 2.75) is 13.3 Å². The fourth-order valence-electron chi connectivity index (χ4n) is 1.31. The molecule has 1 aromatic carbocycles. The van der Waals surface area contributed by atoms with Crippen molar-refractivity contribution in [3.8, 4) is 11.4 Å². The van der Waals surface area contributed by atoms with Crippen LogP contribution in [0.25, 0.3) is 11.4 Å². The largest absolute Gasteiger partial charge is 0.338 e. The molecule has 0 atom stereocenters. The highest BCUT2D eigenvalue weighted by atomic mass is 79.9. The Morgan fingerprint density at radius 1 is 1.47 bits per heavy atom. The highest BCUT2D eigenvalue weighted by Gasteiger charge is 2.12. The Hall–Kier alpha value is -1.43.